The Labute approximate surface area is 204 Å². The minimum atomic E-state index is -1.89. The third kappa shape index (κ3) is 3.18. The van der Waals surface area contributed by atoms with E-state index in [4.69, 9.17) is 4.74 Å². The van der Waals surface area contributed by atoms with Crippen molar-refractivity contribution in [2.24, 2.45) is 34.5 Å². The fourth-order valence-corrected chi connectivity index (χ4v) is 9.62. The zero-order valence-electron chi connectivity index (χ0n) is 20.3. The summed E-state index contributed by atoms with van der Waals surface area (Å²) in [4.78, 5) is 38.9. The molecule has 2 N–H and O–H groups in total. The third-order valence-corrected chi connectivity index (χ3v) is 10.9. The average molecular weight is 525 g/mol. The molecule has 2 unspecified atom stereocenters. The zero-order chi connectivity index (χ0) is 24.1. The van der Waals surface area contributed by atoms with Crippen LogP contribution in [-0.2, 0) is 19.1 Å². The highest BCUT2D eigenvalue weighted by molar-refractivity contribution is 9.09. The first-order chi connectivity index (χ1) is 15.2. The molecule has 7 nitrogen and oxygen atoms in total. The molecule has 9 atom stereocenters. The number of nitrogens with zero attached hydrogens (tertiary/aromatic N) is 1. The van der Waals surface area contributed by atoms with Crippen LogP contribution in [0.3, 0.4) is 0 Å². The minimum Gasteiger partial charge on any atom is -0.405 e. The van der Waals surface area contributed by atoms with E-state index >= 15 is 0 Å². The summed E-state index contributed by atoms with van der Waals surface area (Å²) in [5.74, 6) is -2.01. The van der Waals surface area contributed by atoms with Crippen molar-refractivity contribution in [1.29, 1.82) is 0 Å². The SMILES string of the molecule is CC(C)(C)NC(=O)[C@H]1CC[C@H]2[C@@H]3CC[C@H]4N5C(=O)C(=O)OC5(O)C(Br)C[C@]4(C)[C@H]3CC[C@]12C. The Bertz CT molecular complexity index is 904. The Morgan fingerprint density at radius 1 is 1.09 bits per heavy atom. The molecule has 2 aliphatic heterocycles. The van der Waals surface area contributed by atoms with Crippen LogP contribution in [0.4, 0.5) is 0 Å². The smallest absolute Gasteiger partial charge is 0.401 e. The maximum atomic E-state index is 13.2. The van der Waals surface area contributed by atoms with Gasteiger partial charge in [-0.1, -0.05) is 29.8 Å². The van der Waals surface area contributed by atoms with Crippen LogP contribution in [-0.4, -0.2) is 50.1 Å². The molecule has 0 aromatic rings. The normalized spacial score (nSPS) is 49.0. The lowest BCUT2D eigenvalue weighted by Gasteiger charge is -2.63. The van der Waals surface area contributed by atoms with Gasteiger partial charge in [0.15, 0.2) is 0 Å². The van der Waals surface area contributed by atoms with Gasteiger partial charge in [0.1, 0.15) is 4.83 Å². The standard InChI is InChI=1S/C25H37BrN2O5/c1-22(2,3)27-19(29)16-8-7-14-13-6-9-18-24(5,15(13)10-11-23(14,16)4)12-17(26)25(32)28(18)20(30)21(31)33-25/h13-18,32H,6-12H2,1-5H3,(H,27,29)/t13-,14-,15-,16+,17?,18+,23-,24+,25?/m0/s1. The number of hydrogen-bond acceptors (Lipinski definition) is 5. The highest BCUT2D eigenvalue weighted by atomic mass is 79.9. The summed E-state index contributed by atoms with van der Waals surface area (Å²) < 4.78 is 5.17. The van der Waals surface area contributed by atoms with Crippen LogP contribution >= 0.6 is 15.9 Å². The van der Waals surface area contributed by atoms with Crippen LogP contribution in [0.1, 0.15) is 79.6 Å². The van der Waals surface area contributed by atoms with Gasteiger partial charge in [-0.25, -0.2) is 4.79 Å². The van der Waals surface area contributed by atoms with Gasteiger partial charge in [-0.2, -0.15) is 0 Å². The number of piperidine rings is 1. The number of alkyl halides is 1. The lowest BCUT2D eigenvalue weighted by molar-refractivity contribution is -0.287. The van der Waals surface area contributed by atoms with E-state index in [1.54, 1.807) is 0 Å². The minimum absolute atomic E-state index is 0.00849. The van der Waals surface area contributed by atoms with Crippen LogP contribution in [0.2, 0.25) is 0 Å². The molecule has 2 heterocycles. The van der Waals surface area contributed by atoms with Gasteiger partial charge in [-0.3, -0.25) is 14.5 Å². The number of carbonyl (C=O) groups excluding carboxylic acids is 3. The van der Waals surface area contributed by atoms with Gasteiger partial charge in [0.05, 0.1) is 0 Å². The topological polar surface area (TPSA) is 95.9 Å². The molecular formula is C25H37BrN2O5. The molecule has 0 spiro atoms. The first-order valence-electron chi connectivity index (χ1n) is 12.5. The molecule has 2 saturated heterocycles. The molecule has 3 saturated carbocycles. The van der Waals surface area contributed by atoms with E-state index in [0.29, 0.717) is 24.2 Å². The van der Waals surface area contributed by atoms with E-state index in [9.17, 15) is 19.5 Å². The molecule has 5 aliphatic rings. The van der Waals surface area contributed by atoms with Crippen molar-refractivity contribution in [2.45, 2.75) is 102 Å². The van der Waals surface area contributed by atoms with Crippen molar-refractivity contribution in [3.8, 4) is 0 Å². The molecule has 33 heavy (non-hydrogen) atoms. The Hall–Kier alpha value is -1.15. The third-order valence-electron chi connectivity index (χ3n) is 9.95. The van der Waals surface area contributed by atoms with Gasteiger partial charge in [-0.05, 0) is 94.3 Å². The van der Waals surface area contributed by atoms with Crippen LogP contribution in [0, 0.1) is 34.5 Å². The molecule has 2 amide bonds. The van der Waals surface area contributed by atoms with Crippen LogP contribution < -0.4 is 5.32 Å². The number of nitrogens with one attached hydrogen (secondary N) is 1. The maximum Gasteiger partial charge on any atom is 0.401 e. The summed E-state index contributed by atoms with van der Waals surface area (Å²) in [5, 5.41) is 14.3. The Kier molecular flexibility index (Phi) is 5.14. The van der Waals surface area contributed by atoms with Gasteiger partial charge in [0, 0.05) is 17.5 Å². The van der Waals surface area contributed by atoms with E-state index in [0.717, 1.165) is 38.5 Å². The molecule has 0 aromatic carbocycles. The summed E-state index contributed by atoms with van der Waals surface area (Å²) in [6.07, 6.45) is 6.31. The Morgan fingerprint density at radius 3 is 2.42 bits per heavy atom. The summed E-state index contributed by atoms with van der Waals surface area (Å²) in [5.41, 5.74) is -0.467. The first-order valence-corrected chi connectivity index (χ1v) is 13.4. The van der Waals surface area contributed by atoms with E-state index in [2.05, 4.69) is 35.1 Å². The van der Waals surface area contributed by atoms with E-state index in [1.807, 2.05) is 20.8 Å². The molecule has 5 rings (SSSR count). The highest BCUT2D eigenvalue weighted by Crippen LogP contribution is 2.67. The van der Waals surface area contributed by atoms with E-state index < -0.39 is 22.6 Å². The van der Waals surface area contributed by atoms with Crippen molar-refractivity contribution in [3.63, 3.8) is 0 Å². The second-order valence-corrected chi connectivity index (χ2v) is 13.9. The number of carbonyl (C=O) groups is 3. The number of hydrogen-bond donors (Lipinski definition) is 2. The maximum absolute atomic E-state index is 13.2. The monoisotopic (exact) mass is 524 g/mol. The van der Waals surface area contributed by atoms with Crippen molar-refractivity contribution in [3.05, 3.63) is 0 Å². The molecule has 0 aromatic heterocycles. The number of fused-ring (bicyclic) bond motifs is 7. The molecule has 0 bridgehead atoms. The van der Waals surface area contributed by atoms with Crippen LogP contribution in [0.5, 0.6) is 0 Å². The van der Waals surface area contributed by atoms with Gasteiger partial charge in [0.2, 0.25) is 5.91 Å². The molecular weight excluding hydrogens is 488 g/mol. The summed E-state index contributed by atoms with van der Waals surface area (Å²) in [7, 11) is 0. The van der Waals surface area contributed by atoms with Crippen LogP contribution in [0.25, 0.3) is 0 Å². The lowest BCUT2D eigenvalue weighted by Crippen LogP contribution is -2.70. The van der Waals surface area contributed by atoms with Crippen molar-refractivity contribution >= 4 is 33.7 Å². The summed E-state index contributed by atoms with van der Waals surface area (Å²) >= 11 is 3.57. The van der Waals surface area contributed by atoms with Crippen molar-refractivity contribution in [1.82, 2.24) is 10.2 Å². The second-order valence-electron chi connectivity index (χ2n) is 12.8. The van der Waals surface area contributed by atoms with Crippen molar-refractivity contribution in [2.75, 3.05) is 0 Å². The predicted octanol–water partition coefficient (Wildman–Crippen LogP) is 3.33. The number of esters is 1. The van der Waals surface area contributed by atoms with Crippen LogP contribution in [0.15, 0.2) is 0 Å². The van der Waals surface area contributed by atoms with Gasteiger partial charge < -0.3 is 15.2 Å². The largest absolute Gasteiger partial charge is 0.405 e. The molecule has 0 radical (unpaired) electrons. The van der Waals surface area contributed by atoms with Gasteiger partial charge >= 0.3 is 17.8 Å². The molecule has 8 heteroatoms. The first kappa shape index (κ1) is 23.6. The summed E-state index contributed by atoms with van der Waals surface area (Å²) in [6.45, 7) is 10.7. The summed E-state index contributed by atoms with van der Waals surface area (Å²) in [6, 6.07) is -0.220. The zero-order valence-corrected chi connectivity index (χ0v) is 21.9. The number of aliphatic hydroxyl groups is 1. The number of rotatable bonds is 1. The molecule has 5 fully saturated rings. The second kappa shape index (κ2) is 7.19. The average Bonchev–Trinajstić information content (AvgIpc) is 3.15. The Morgan fingerprint density at radius 2 is 1.76 bits per heavy atom. The highest BCUT2D eigenvalue weighted by Gasteiger charge is 2.70. The number of ether oxygens (including phenoxy) is 1. The van der Waals surface area contributed by atoms with E-state index in [1.165, 1.54) is 4.90 Å². The van der Waals surface area contributed by atoms with Crippen molar-refractivity contribution < 1.29 is 24.2 Å². The fourth-order valence-electron chi connectivity index (χ4n) is 8.61. The molecule has 184 valence electrons. The quantitative estimate of drug-likeness (QED) is 0.311. The van der Waals surface area contributed by atoms with E-state index in [-0.39, 0.29) is 34.2 Å². The number of halogens is 1. The predicted molar refractivity (Wildman–Crippen MR) is 125 cm³/mol. The van der Waals surface area contributed by atoms with Gasteiger partial charge in [-0.15, -0.1) is 0 Å². The lowest BCUT2D eigenvalue weighted by atomic mass is 9.46. The van der Waals surface area contributed by atoms with Gasteiger partial charge in [0.25, 0.3) is 0 Å². The molecule has 3 aliphatic carbocycles. The fraction of sp³-hybridized carbons (Fsp3) is 0.880. The Balaban J connectivity index is 1.43. The number of amides is 2.